The van der Waals surface area contributed by atoms with Crippen molar-refractivity contribution >= 4 is 12.4 Å². The highest BCUT2D eigenvalue weighted by atomic mass is 35.5. The zero-order valence-corrected chi connectivity index (χ0v) is 7.31. The van der Waals surface area contributed by atoms with E-state index in [2.05, 4.69) is 5.10 Å². The van der Waals surface area contributed by atoms with E-state index in [1.165, 1.54) is 13.2 Å². The van der Waals surface area contributed by atoms with Crippen molar-refractivity contribution in [1.29, 1.82) is 0 Å². The molecule has 0 aliphatic rings. The largest absolute Gasteiger partial charge is 0.326 e. The minimum atomic E-state index is -2.50. The van der Waals surface area contributed by atoms with Crippen molar-refractivity contribution in [2.45, 2.75) is 13.0 Å². The maximum atomic E-state index is 12.2. The number of nitrogens with zero attached hydrogens (tertiary/aromatic N) is 2. The Hall–Kier alpha value is -0.680. The first-order chi connectivity index (χ1) is 5.16. The van der Waals surface area contributed by atoms with Gasteiger partial charge in [0.1, 0.15) is 5.69 Å². The third-order valence-electron chi connectivity index (χ3n) is 1.49. The van der Waals surface area contributed by atoms with Crippen LogP contribution >= 0.6 is 12.4 Å². The van der Waals surface area contributed by atoms with Crippen LogP contribution in [-0.2, 0) is 13.6 Å². The molecule has 3 nitrogen and oxygen atoms in total. The van der Waals surface area contributed by atoms with Gasteiger partial charge in [-0.3, -0.25) is 4.68 Å². The molecule has 1 aromatic heterocycles. The van der Waals surface area contributed by atoms with Crippen molar-refractivity contribution in [3.05, 3.63) is 17.5 Å². The number of aromatic nitrogens is 2. The second kappa shape index (κ2) is 4.37. The van der Waals surface area contributed by atoms with Crippen molar-refractivity contribution < 1.29 is 8.78 Å². The van der Waals surface area contributed by atoms with Crippen LogP contribution in [0.25, 0.3) is 0 Å². The van der Waals surface area contributed by atoms with Gasteiger partial charge in [-0.05, 0) is 0 Å². The fourth-order valence-electron chi connectivity index (χ4n) is 0.931. The molecule has 0 aliphatic carbocycles. The molecule has 0 fully saturated rings. The number of halogens is 3. The summed E-state index contributed by atoms with van der Waals surface area (Å²) in [5.74, 6) is 0. The van der Waals surface area contributed by atoms with E-state index in [1.807, 2.05) is 0 Å². The minimum Gasteiger partial charge on any atom is -0.326 e. The first-order valence-electron chi connectivity index (χ1n) is 3.15. The van der Waals surface area contributed by atoms with Crippen LogP contribution in [0, 0.1) is 0 Å². The van der Waals surface area contributed by atoms with Crippen molar-refractivity contribution in [2.24, 2.45) is 12.8 Å². The Balaban J connectivity index is 0.00000121. The lowest BCUT2D eigenvalue weighted by Gasteiger charge is -2.01. The molecule has 0 aliphatic heterocycles. The number of aryl methyl sites for hydroxylation is 1. The third-order valence-corrected chi connectivity index (χ3v) is 1.49. The van der Waals surface area contributed by atoms with E-state index in [0.29, 0.717) is 5.56 Å². The second-order valence-corrected chi connectivity index (χ2v) is 2.18. The van der Waals surface area contributed by atoms with Crippen molar-refractivity contribution in [3.63, 3.8) is 0 Å². The quantitative estimate of drug-likeness (QED) is 0.775. The Morgan fingerprint density at radius 2 is 2.25 bits per heavy atom. The lowest BCUT2D eigenvalue weighted by Crippen LogP contribution is -2.04. The van der Waals surface area contributed by atoms with E-state index in [-0.39, 0.29) is 24.6 Å². The van der Waals surface area contributed by atoms with Gasteiger partial charge in [-0.1, -0.05) is 0 Å². The maximum Gasteiger partial charge on any atom is 0.280 e. The van der Waals surface area contributed by atoms with Gasteiger partial charge in [0.15, 0.2) is 0 Å². The molecule has 70 valence electrons. The topological polar surface area (TPSA) is 43.8 Å². The van der Waals surface area contributed by atoms with Crippen LogP contribution in [0.5, 0.6) is 0 Å². The Bertz CT molecular complexity index is 249. The van der Waals surface area contributed by atoms with Crippen LogP contribution in [-0.4, -0.2) is 9.78 Å². The zero-order valence-electron chi connectivity index (χ0n) is 6.50. The molecule has 1 heterocycles. The van der Waals surface area contributed by atoms with Crippen molar-refractivity contribution in [1.82, 2.24) is 9.78 Å². The fourth-order valence-corrected chi connectivity index (χ4v) is 0.931. The summed E-state index contributed by atoms with van der Waals surface area (Å²) in [5, 5.41) is 3.67. The van der Waals surface area contributed by atoms with Crippen LogP contribution in [0.1, 0.15) is 17.7 Å². The van der Waals surface area contributed by atoms with Gasteiger partial charge in [-0.2, -0.15) is 5.10 Å². The summed E-state index contributed by atoms with van der Waals surface area (Å²) < 4.78 is 25.5. The standard InChI is InChI=1S/C6H9F2N3.ClH/c1-11-5(6(7)8)4(2-9)3-10-11;/h3,6H,2,9H2,1H3;1H. The molecule has 0 radical (unpaired) electrons. The zero-order chi connectivity index (χ0) is 8.43. The van der Waals surface area contributed by atoms with Gasteiger partial charge in [-0.15, -0.1) is 12.4 Å². The fraction of sp³-hybridized carbons (Fsp3) is 0.500. The molecule has 0 bridgehead atoms. The van der Waals surface area contributed by atoms with Gasteiger partial charge in [0.25, 0.3) is 6.43 Å². The molecular weight excluding hydrogens is 188 g/mol. The van der Waals surface area contributed by atoms with Gasteiger partial charge in [-0.25, -0.2) is 8.78 Å². The lowest BCUT2D eigenvalue weighted by molar-refractivity contribution is 0.139. The van der Waals surface area contributed by atoms with Crippen LogP contribution in [0.15, 0.2) is 6.20 Å². The number of hydrogen-bond donors (Lipinski definition) is 1. The van der Waals surface area contributed by atoms with Crippen LogP contribution < -0.4 is 5.73 Å². The number of nitrogens with two attached hydrogens (primary N) is 1. The highest BCUT2D eigenvalue weighted by Gasteiger charge is 2.16. The molecule has 0 atom stereocenters. The average molecular weight is 198 g/mol. The predicted molar refractivity (Wildman–Crippen MR) is 43.3 cm³/mol. The van der Waals surface area contributed by atoms with Gasteiger partial charge in [0, 0.05) is 19.2 Å². The maximum absolute atomic E-state index is 12.2. The summed E-state index contributed by atoms with van der Waals surface area (Å²) in [5.41, 5.74) is 5.53. The van der Waals surface area contributed by atoms with E-state index in [1.54, 1.807) is 0 Å². The number of alkyl halides is 2. The van der Waals surface area contributed by atoms with E-state index < -0.39 is 6.43 Å². The Kier molecular flexibility index (Phi) is 4.12. The second-order valence-electron chi connectivity index (χ2n) is 2.18. The van der Waals surface area contributed by atoms with E-state index in [9.17, 15) is 8.78 Å². The molecule has 1 rings (SSSR count). The summed E-state index contributed by atoms with van der Waals surface area (Å²) in [4.78, 5) is 0. The van der Waals surface area contributed by atoms with Gasteiger partial charge >= 0.3 is 0 Å². The van der Waals surface area contributed by atoms with Gasteiger partial charge < -0.3 is 5.73 Å². The molecule has 2 N–H and O–H groups in total. The Morgan fingerprint density at radius 3 is 2.58 bits per heavy atom. The van der Waals surface area contributed by atoms with Crippen LogP contribution in [0.4, 0.5) is 8.78 Å². The average Bonchev–Trinajstić information content (AvgIpc) is 2.30. The van der Waals surface area contributed by atoms with E-state index >= 15 is 0 Å². The molecular formula is C6H10ClF2N3. The molecule has 0 saturated heterocycles. The predicted octanol–water partition coefficient (Wildman–Crippen LogP) is 1.24. The summed E-state index contributed by atoms with van der Waals surface area (Å²) in [7, 11) is 1.47. The monoisotopic (exact) mass is 197 g/mol. The highest BCUT2D eigenvalue weighted by molar-refractivity contribution is 5.85. The highest BCUT2D eigenvalue weighted by Crippen LogP contribution is 2.21. The molecule has 0 aromatic carbocycles. The summed E-state index contributed by atoms with van der Waals surface area (Å²) in [6.45, 7) is 0.105. The molecule has 0 saturated carbocycles. The van der Waals surface area contributed by atoms with Gasteiger partial charge in [0.05, 0.1) is 6.20 Å². The summed E-state index contributed by atoms with van der Waals surface area (Å²) in [6.07, 6.45) is -1.14. The van der Waals surface area contributed by atoms with Crippen LogP contribution in [0.3, 0.4) is 0 Å². The molecule has 6 heteroatoms. The normalized spacial score (nSPS) is 10.1. The Morgan fingerprint density at radius 1 is 1.67 bits per heavy atom. The molecule has 0 spiro atoms. The molecule has 12 heavy (non-hydrogen) atoms. The smallest absolute Gasteiger partial charge is 0.280 e. The van der Waals surface area contributed by atoms with Crippen molar-refractivity contribution in [2.75, 3.05) is 0 Å². The lowest BCUT2D eigenvalue weighted by atomic mass is 10.2. The molecule has 0 amide bonds. The first kappa shape index (κ1) is 11.3. The van der Waals surface area contributed by atoms with Crippen LogP contribution in [0.2, 0.25) is 0 Å². The van der Waals surface area contributed by atoms with Crippen molar-refractivity contribution in [3.8, 4) is 0 Å². The minimum absolute atomic E-state index is 0. The Labute approximate surface area is 75.0 Å². The van der Waals surface area contributed by atoms with E-state index in [4.69, 9.17) is 5.73 Å². The SMILES string of the molecule is Cl.Cn1ncc(CN)c1C(F)F. The third kappa shape index (κ3) is 1.92. The van der Waals surface area contributed by atoms with E-state index in [0.717, 1.165) is 4.68 Å². The first-order valence-corrected chi connectivity index (χ1v) is 3.15. The summed E-state index contributed by atoms with van der Waals surface area (Å²) in [6, 6.07) is 0. The number of rotatable bonds is 2. The molecule has 1 aromatic rings. The number of hydrogen-bond acceptors (Lipinski definition) is 2. The summed E-state index contributed by atoms with van der Waals surface area (Å²) >= 11 is 0. The molecule has 0 unspecified atom stereocenters. The van der Waals surface area contributed by atoms with Gasteiger partial charge in [0.2, 0.25) is 0 Å².